The second-order valence-corrected chi connectivity index (χ2v) is 8.23. The zero-order valence-electron chi connectivity index (χ0n) is 14.0. The van der Waals surface area contributed by atoms with Crippen molar-refractivity contribution in [2.45, 2.75) is 39.5 Å². The average Bonchev–Trinajstić information content (AvgIpc) is 2.42. The maximum absolute atomic E-state index is 13.0. The minimum Gasteiger partial charge on any atom is -0.338 e. The molecule has 1 rings (SSSR count). The second kappa shape index (κ2) is 9.05. The number of hydrogen-bond acceptors (Lipinski definition) is 2. The summed E-state index contributed by atoms with van der Waals surface area (Å²) in [4.78, 5) is 15.7. The van der Waals surface area contributed by atoms with Crippen molar-refractivity contribution in [1.82, 2.24) is 4.90 Å². The highest BCUT2D eigenvalue weighted by Crippen LogP contribution is 2.36. The molecule has 0 saturated carbocycles. The highest BCUT2D eigenvalue weighted by atomic mass is 35.5. The van der Waals surface area contributed by atoms with E-state index in [9.17, 15) is 4.79 Å². The van der Waals surface area contributed by atoms with Gasteiger partial charge in [0.2, 0.25) is 0 Å². The number of thioether (sulfide) groups is 1. The number of amides is 1. The molecule has 1 amide bonds. The van der Waals surface area contributed by atoms with Crippen molar-refractivity contribution >= 4 is 40.9 Å². The summed E-state index contributed by atoms with van der Waals surface area (Å²) < 4.78 is 0. The van der Waals surface area contributed by atoms with E-state index in [1.54, 1.807) is 23.9 Å². The third-order valence-corrected chi connectivity index (χ3v) is 4.95. The summed E-state index contributed by atoms with van der Waals surface area (Å²) in [7, 11) is 0. The summed E-state index contributed by atoms with van der Waals surface area (Å²) in [6, 6.07) is 3.50. The third kappa shape index (κ3) is 5.36. The van der Waals surface area contributed by atoms with Crippen LogP contribution in [0.3, 0.4) is 0 Å². The lowest BCUT2D eigenvalue weighted by Gasteiger charge is -2.27. The first-order valence-corrected chi connectivity index (χ1v) is 9.42. The van der Waals surface area contributed by atoms with E-state index in [0.717, 1.165) is 23.7 Å². The van der Waals surface area contributed by atoms with Crippen molar-refractivity contribution in [3.8, 4) is 0 Å². The summed E-state index contributed by atoms with van der Waals surface area (Å²) >= 11 is 14.0. The molecule has 0 saturated heterocycles. The van der Waals surface area contributed by atoms with Crippen LogP contribution in [0.5, 0.6) is 0 Å². The predicted molar refractivity (Wildman–Crippen MR) is 98.4 cm³/mol. The molecule has 5 heteroatoms. The first kappa shape index (κ1) is 19.7. The first-order valence-electron chi connectivity index (χ1n) is 7.67. The van der Waals surface area contributed by atoms with Crippen LogP contribution in [0.1, 0.15) is 45.0 Å². The summed E-state index contributed by atoms with van der Waals surface area (Å²) in [5.74, 6) is 1.73. The van der Waals surface area contributed by atoms with Crippen molar-refractivity contribution in [2.24, 2.45) is 11.8 Å². The summed E-state index contributed by atoms with van der Waals surface area (Å²) in [6.45, 7) is 12.0. The molecule has 0 aliphatic heterocycles. The Balaban J connectivity index is 3.20. The Morgan fingerprint density at radius 1 is 1.14 bits per heavy atom. The van der Waals surface area contributed by atoms with Crippen molar-refractivity contribution in [2.75, 3.05) is 18.8 Å². The van der Waals surface area contributed by atoms with Crippen LogP contribution in [0.15, 0.2) is 17.0 Å². The molecule has 0 atom stereocenters. The Morgan fingerprint density at radius 3 is 2.14 bits per heavy atom. The van der Waals surface area contributed by atoms with Gasteiger partial charge in [-0.25, -0.2) is 0 Å². The standard InChI is InChI=1S/C17H25Cl2NOS/c1-6-22-16-13(7-8-14(18)15(16)19)17(21)20(9-11(2)3)10-12(4)5/h7-8,11-12H,6,9-10H2,1-5H3. The average molecular weight is 362 g/mol. The lowest BCUT2D eigenvalue weighted by atomic mass is 10.1. The van der Waals surface area contributed by atoms with Gasteiger partial charge in [-0.15, -0.1) is 11.8 Å². The summed E-state index contributed by atoms with van der Waals surface area (Å²) in [5, 5.41) is 0.974. The number of carbonyl (C=O) groups is 1. The maximum atomic E-state index is 13.0. The van der Waals surface area contributed by atoms with Gasteiger partial charge in [0.15, 0.2) is 0 Å². The van der Waals surface area contributed by atoms with Gasteiger partial charge in [-0.2, -0.15) is 0 Å². The molecule has 0 fully saturated rings. The van der Waals surface area contributed by atoms with Crippen LogP contribution >= 0.6 is 35.0 Å². The molecule has 1 aromatic rings. The number of benzene rings is 1. The number of nitrogens with zero attached hydrogens (tertiary/aromatic N) is 1. The molecular weight excluding hydrogens is 337 g/mol. The van der Waals surface area contributed by atoms with Gasteiger partial charge in [0, 0.05) is 18.0 Å². The van der Waals surface area contributed by atoms with Crippen molar-refractivity contribution in [1.29, 1.82) is 0 Å². The van der Waals surface area contributed by atoms with E-state index in [-0.39, 0.29) is 5.91 Å². The van der Waals surface area contributed by atoms with Crippen molar-refractivity contribution in [3.63, 3.8) is 0 Å². The SMILES string of the molecule is CCSc1c(C(=O)N(CC(C)C)CC(C)C)ccc(Cl)c1Cl. The number of rotatable bonds is 7. The van der Waals surface area contributed by atoms with Gasteiger partial charge in [0.1, 0.15) is 0 Å². The normalized spacial score (nSPS) is 11.3. The van der Waals surface area contributed by atoms with Crippen LogP contribution < -0.4 is 0 Å². The smallest absolute Gasteiger partial charge is 0.255 e. The van der Waals surface area contributed by atoms with E-state index in [0.29, 0.717) is 27.4 Å². The molecule has 0 spiro atoms. The van der Waals surface area contributed by atoms with E-state index in [1.807, 2.05) is 11.8 Å². The topological polar surface area (TPSA) is 20.3 Å². The zero-order valence-corrected chi connectivity index (χ0v) is 16.3. The summed E-state index contributed by atoms with van der Waals surface area (Å²) in [5.41, 5.74) is 0.655. The Labute approximate surface area is 148 Å². The molecule has 2 nitrogen and oxygen atoms in total. The van der Waals surface area contributed by atoms with E-state index < -0.39 is 0 Å². The van der Waals surface area contributed by atoms with Crippen LogP contribution in [0.25, 0.3) is 0 Å². The van der Waals surface area contributed by atoms with Gasteiger partial charge in [0.05, 0.1) is 15.6 Å². The van der Waals surface area contributed by atoms with Crippen molar-refractivity contribution in [3.05, 3.63) is 27.7 Å². The second-order valence-electron chi connectivity index (χ2n) is 6.17. The number of hydrogen-bond donors (Lipinski definition) is 0. The molecule has 0 heterocycles. The summed E-state index contributed by atoms with van der Waals surface area (Å²) in [6.07, 6.45) is 0. The van der Waals surface area contributed by atoms with Gasteiger partial charge in [-0.05, 0) is 29.7 Å². The molecule has 1 aromatic carbocycles. The predicted octanol–water partition coefficient (Wildman–Crippen LogP) is 5.86. The first-order chi connectivity index (χ1) is 10.3. The Morgan fingerprint density at radius 2 is 1.68 bits per heavy atom. The third-order valence-electron chi connectivity index (χ3n) is 3.03. The molecule has 0 radical (unpaired) electrons. The van der Waals surface area contributed by atoms with E-state index >= 15 is 0 Å². The Hall–Kier alpha value is -0.380. The molecule has 0 N–H and O–H groups in total. The highest BCUT2D eigenvalue weighted by molar-refractivity contribution is 7.99. The fourth-order valence-corrected chi connectivity index (χ4v) is 3.66. The lowest BCUT2D eigenvalue weighted by molar-refractivity contribution is 0.0711. The molecule has 0 aliphatic rings. The number of halogens is 2. The molecule has 124 valence electrons. The number of carbonyl (C=O) groups excluding carboxylic acids is 1. The molecule has 22 heavy (non-hydrogen) atoms. The minimum absolute atomic E-state index is 0.0388. The van der Waals surface area contributed by atoms with Crippen LogP contribution in [0, 0.1) is 11.8 Å². The zero-order chi connectivity index (χ0) is 16.9. The Bertz CT molecular complexity index is 508. The van der Waals surface area contributed by atoms with Gasteiger partial charge in [0.25, 0.3) is 5.91 Å². The molecule has 0 unspecified atom stereocenters. The molecule has 0 bridgehead atoms. The lowest BCUT2D eigenvalue weighted by Crippen LogP contribution is -2.37. The monoisotopic (exact) mass is 361 g/mol. The van der Waals surface area contributed by atoms with E-state index in [4.69, 9.17) is 23.2 Å². The molecule has 0 aliphatic carbocycles. The van der Waals surface area contributed by atoms with Crippen LogP contribution in [-0.2, 0) is 0 Å². The maximum Gasteiger partial charge on any atom is 0.255 e. The molecular formula is C17H25Cl2NOS. The van der Waals surface area contributed by atoms with Crippen molar-refractivity contribution < 1.29 is 4.79 Å². The van der Waals surface area contributed by atoms with Gasteiger partial charge < -0.3 is 4.90 Å². The van der Waals surface area contributed by atoms with Gasteiger partial charge in [-0.1, -0.05) is 57.8 Å². The van der Waals surface area contributed by atoms with E-state index in [2.05, 4.69) is 27.7 Å². The van der Waals surface area contributed by atoms with E-state index in [1.165, 1.54) is 0 Å². The highest BCUT2D eigenvalue weighted by Gasteiger charge is 2.23. The van der Waals surface area contributed by atoms with Gasteiger partial charge >= 0.3 is 0 Å². The minimum atomic E-state index is 0.0388. The fourth-order valence-electron chi connectivity index (χ4n) is 2.28. The van der Waals surface area contributed by atoms with Crippen LogP contribution in [0.2, 0.25) is 10.0 Å². The van der Waals surface area contributed by atoms with Crippen LogP contribution in [-0.4, -0.2) is 29.6 Å². The van der Waals surface area contributed by atoms with Crippen LogP contribution in [0.4, 0.5) is 0 Å². The van der Waals surface area contributed by atoms with Gasteiger partial charge in [-0.3, -0.25) is 4.79 Å². The quantitative estimate of drug-likeness (QED) is 0.566. The largest absolute Gasteiger partial charge is 0.338 e. The molecule has 0 aromatic heterocycles. The fraction of sp³-hybridized carbons (Fsp3) is 0.588. The Kier molecular flexibility index (Phi) is 8.09.